The van der Waals surface area contributed by atoms with Crippen LogP contribution in [-0.4, -0.2) is 40.6 Å². The summed E-state index contributed by atoms with van der Waals surface area (Å²) in [5, 5.41) is 16.2. The first-order valence-electron chi connectivity index (χ1n) is 10.1. The van der Waals surface area contributed by atoms with Gasteiger partial charge >= 0.3 is 0 Å². The molecule has 27 heavy (non-hydrogen) atoms. The molecule has 1 aromatic rings. The highest BCUT2D eigenvalue weighted by atomic mass is 32.2. The number of amides is 2. The van der Waals surface area contributed by atoms with Crippen LogP contribution in [0, 0.1) is 5.92 Å². The number of hydrogen-bond donors (Lipinski definition) is 3. The number of benzene rings is 1. The lowest BCUT2D eigenvalue weighted by molar-refractivity contribution is -0.132. The Morgan fingerprint density at radius 3 is 2.44 bits per heavy atom. The lowest BCUT2D eigenvalue weighted by atomic mass is 10.00. The molecule has 0 spiro atoms. The molecule has 3 atom stereocenters. The maximum absolute atomic E-state index is 12.7. The topological polar surface area (TPSA) is 78.4 Å². The van der Waals surface area contributed by atoms with E-state index < -0.39 is 6.10 Å². The van der Waals surface area contributed by atoms with Gasteiger partial charge in [-0.2, -0.15) is 0 Å². The molecule has 2 unspecified atom stereocenters. The number of thioether (sulfide) groups is 1. The number of carbonyl (C=O) groups excluding carboxylic acids is 2. The van der Waals surface area contributed by atoms with Crippen molar-refractivity contribution in [1.82, 2.24) is 10.6 Å². The van der Waals surface area contributed by atoms with Gasteiger partial charge in [0.1, 0.15) is 6.10 Å². The smallest absolute Gasteiger partial charge is 0.249 e. The summed E-state index contributed by atoms with van der Waals surface area (Å²) in [4.78, 5) is 25.1. The van der Waals surface area contributed by atoms with E-state index in [9.17, 15) is 14.7 Å². The Morgan fingerprint density at radius 2 is 1.78 bits per heavy atom. The van der Waals surface area contributed by atoms with Crippen molar-refractivity contribution < 1.29 is 14.7 Å². The standard InChI is InChI=1S/C21H30N2O3S/c24-19(16-10-4-5-11-16)21(26)22-14-17(15-8-2-1-3-9-15)23-20(25)18-12-6-7-13-27-18/h1-3,8-9,16-19,24H,4-7,10-14H2,(H,22,26)(H,23,25)/t17?,18?,19-/m0/s1. The van der Waals surface area contributed by atoms with Crippen LogP contribution in [0.25, 0.3) is 0 Å². The number of carbonyl (C=O) groups is 2. The minimum absolute atomic E-state index is 0.00950. The van der Waals surface area contributed by atoms with Crippen LogP contribution in [0.15, 0.2) is 30.3 Å². The van der Waals surface area contributed by atoms with Gasteiger partial charge in [0.05, 0.1) is 11.3 Å². The van der Waals surface area contributed by atoms with E-state index >= 15 is 0 Å². The van der Waals surface area contributed by atoms with Gasteiger partial charge in [-0.1, -0.05) is 49.6 Å². The molecule has 1 aliphatic carbocycles. The molecule has 0 radical (unpaired) electrons. The first-order chi connectivity index (χ1) is 13.1. The summed E-state index contributed by atoms with van der Waals surface area (Å²) in [6.07, 6.45) is 6.20. The zero-order valence-electron chi connectivity index (χ0n) is 15.7. The third-order valence-electron chi connectivity index (χ3n) is 5.59. The molecule has 148 valence electrons. The molecule has 0 aromatic heterocycles. The van der Waals surface area contributed by atoms with E-state index in [1.165, 1.54) is 6.42 Å². The van der Waals surface area contributed by atoms with Crippen LogP contribution in [0.3, 0.4) is 0 Å². The molecule has 2 fully saturated rings. The van der Waals surface area contributed by atoms with E-state index in [4.69, 9.17) is 0 Å². The maximum Gasteiger partial charge on any atom is 0.249 e. The van der Waals surface area contributed by atoms with Crippen molar-refractivity contribution in [2.75, 3.05) is 12.3 Å². The van der Waals surface area contributed by atoms with E-state index in [0.29, 0.717) is 0 Å². The number of aliphatic hydroxyl groups excluding tert-OH is 1. The molecule has 3 rings (SSSR count). The zero-order valence-corrected chi connectivity index (χ0v) is 16.5. The van der Waals surface area contributed by atoms with Gasteiger partial charge in [0.15, 0.2) is 0 Å². The number of aliphatic hydroxyl groups is 1. The Morgan fingerprint density at radius 1 is 1.07 bits per heavy atom. The van der Waals surface area contributed by atoms with E-state index in [2.05, 4.69) is 10.6 Å². The molecule has 6 heteroatoms. The van der Waals surface area contributed by atoms with E-state index in [1.807, 2.05) is 30.3 Å². The van der Waals surface area contributed by atoms with Crippen LogP contribution in [0.1, 0.15) is 56.6 Å². The lowest BCUT2D eigenvalue weighted by Gasteiger charge is -2.26. The van der Waals surface area contributed by atoms with Crippen LogP contribution in [-0.2, 0) is 9.59 Å². The fourth-order valence-electron chi connectivity index (χ4n) is 3.94. The molecule has 3 N–H and O–H groups in total. The summed E-state index contributed by atoms with van der Waals surface area (Å²) in [6.45, 7) is 0.287. The molecule has 1 heterocycles. The van der Waals surface area contributed by atoms with Crippen LogP contribution in [0.4, 0.5) is 0 Å². The molecule has 1 saturated carbocycles. The summed E-state index contributed by atoms with van der Waals surface area (Å²) in [6, 6.07) is 9.41. The highest BCUT2D eigenvalue weighted by Crippen LogP contribution is 2.28. The quantitative estimate of drug-likeness (QED) is 0.669. The molecular weight excluding hydrogens is 360 g/mol. The van der Waals surface area contributed by atoms with Gasteiger partial charge in [0, 0.05) is 6.54 Å². The van der Waals surface area contributed by atoms with Crippen molar-refractivity contribution in [3.8, 4) is 0 Å². The van der Waals surface area contributed by atoms with Crippen LogP contribution in [0.5, 0.6) is 0 Å². The average molecular weight is 391 g/mol. The predicted molar refractivity (Wildman–Crippen MR) is 108 cm³/mol. The fourth-order valence-corrected chi connectivity index (χ4v) is 5.15. The molecule has 2 aliphatic rings. The third kappa shape index (κ3) is 5.72. The Labute approximate surface area is 165 Å². The van der Waals surface area contributed by atoms with Crippen LogP contribution in [0.2, 0.25) is 0 Å². The first-order valence-corrected chi connectivity index (χ1v) is 11.1. The number of nitrogens with one attached hydrogen (secondary N) is 2. The second-order valence-electron chi connectivity index (χ2n) is 7.56. The molecule has 1 aliphatic heterocycles. The van der Waals surface area contributed by atoms with Crippen molar-refractivity contribution in [1.29, 1.82) is 0 Å². The SMILES string of the molecule is O=C(NC(CNC(=O)[C@@H](O)C1CCCC1)c1ccccc1)C1CCCCS1. The van der Waals surface area contributed by atoms with Crippen molar-refractivity contribution in [2.24, 2.45) is 5.92 Å². The van der Waals surface area contributed by atoms with Gasteiger partial charge in [-0.05, 0) is 42.9 Å². The lowest BCUT2D eigenvalue weighted by Crippen LogP contribution is -2.45. The van der Waals surface area contributed by atoms with E-state index in [-0.39, 0.29) is 35.6 Å². The molecule has 1 aromatic carbocycles. The highest BCUT2D eigenvalue weighted by Gasteiger charge is 2.30. The average Bonchev–Trinajstić information content (AvgIpc) is 3.26. The summed E-state index contributed by atoms with van der Waals surface area (Å²) in [5.74, 6) is 0.801. The molecular formula is C21H30N2O3S. The Kier molecular flexibility index (Phi) is 7.59. The van der Waals surface area contributed by atoms with Gasteiger partial charge in [0.2, 0.25) is 11.8 Å². The Bertz CT molecular complexity index is 613. The molecule has 0 bridgehead atoms. The largest absolute Gasteiger partial charge is 0.383 e. The van der Waals surface area contributed by atoms with E-state index in [0.717, 1.165) is 49.8 Å². The normalized spacial score (nSPS) is 22.8. The monoisotopic (exact) mass is 390 g/mol. The van der Waals surface area contributed by atoms with Gasteiger partial charge in [-0.15, -0.1) is 11.8 Å². The summed E-state index contributed by atoms with van der Waals surface area (Å²) in [7, 11) is 0. The van der Waals surface area contributed by atoms with Crippen molar-refractivity contribution in [2.45, 2.75) is 62.3 Å². The summed E-state index contributed by atoms with van der Waals surface area (Å²) in [5.41, 5.74) is 0.960. The Hall–Kier alpha value is -1.53. The molecule has 1 saturated heterocycles. The van der Waals surface area contributed by atoms with Gasteiger partial charge < -0.3 is 15.7 Å². The number of rotatable bonds is 7. The minimum atomic E-state index is -0.950. The predicted octanol–water partition coefficient (Wildman–Crippen LogP) is 2.80. The summed E-state index contributed by atoms with van der Waals surface area (Å²) >= 11 is 1.72. The maximum atomic E-state index is 12.7. The van der Waals surface area contributed by atoms with Gasteiger partial charge in [0.25, 0.3) is 0 Å². The summed E-state index contributed by atoms with van der Waals surface area (Å²) < 4.78 is 0. The van der Waals surface area contributed by atoms with Crippen molar-refractivity contribution in [3.63, 3.8) is 0 Å². The highest BCUT2D eigenvalue weighted by molar-refractivity contribution is 8.00. The van der Waals surface area contributed by atoms with Crippen molar-refractivity contribution >= 4 is 23.6 Å². The fraction of sp³-hybridized carbons (Fsp3) is 0.619. The minimum Gasteiger partial charge on any atom is -0.383 e. The van der Waals surface area contributed by atoms with Gasteiger partial charge in [-0.3, -0.25) is 9.59 Å². The van der Waals surface area contributed by atoms with Gasteiger partial charge in [-0.25, -0.2) is 0 Å². The molecule has 2 amide bonds. The number of hydrogen-bond acceptors (Lipinski definition) is 4. The second kappa shape index (κ2) is 10.1. The second-order valence-corrected chi connectivity index (χ2v) is 8.87. The third-order valence-corrected chi connectivity index (χ3v) is 6.96. The van der Waals surface area contributed by atoms with Crippen molar-refractivity contribution in [3.05, 3.63) is 35.9 Å². The molecule has 5 nitrogen and oxygen atoms in total. The first kappa shape index (κ1) is 20.2. The van der Waals surface area contributed by atoms with Crippen LogP contribution >= 0.6 is 11.8 Å². The zero-order chi connectivity index (χ0) is 19.1. The van der Waals surface area contributed by atoms with E-state index in [1.54, 1.807) is 11.8 Å². The van der Waals surface area contributed by atoms with Crippen LogP contribution < -0.4 is 10.6 Å². The Balaban J connectivity index is 1.59.